The Morgan fingerprint density at radius 3 is 2.62 bits per heavy atom. The van der Waals surface area contributed by atoms with Gasteiger partial charge in [-0.05, 0) is 5.56 Å². The molecule has 1 aromatic rings. The van der Waals surface area contributed by atoms with Crippen LogP contribution in [0.15, 0.2) is 30.3 Å². The molecule has 1 atom stereocenters. The van der Waals surface area contributed by atoms with E-state index >= 15 is 0 Å². The Bertz CT molecular complexity index is 518. The van der Waals surface area contributed by atoms with E-state index in [-0.39, 0.29) is 6.03 Å². The van der Waals surface area contributed by atoms with Crippen molar-refractivity contribution in [1.82, 2.24) is 15.5 Å². The van der Waals surface area contributed by atoms with Gasteiger partial charge in [0.25, 0.3) is 0 Å². The number of ether oxygens (including phenoxy) is 2. The van der Waals surface area contributed by atoms with E-state index in [1.807, 2.05) is 30.3 Å². The van der Waals surface area contributed by atoms with Crippen LogP contribution in [0.4, 0.5) is 4.79 Å². The van der Waals surface area contributed by atoms with Crippen molar-refractivity contribution in [3.8, 4) is 0 Å². The number of benzene rings is 1. The molecule has 0 spiro atoms. The van der Waals surface area contributed by atoms with Crippen LogP contribution in [0.3, 0.4) is 0 Å². The van der Waals surface area contributed by atoms with E-state index in [1.165, 1.54) is 7.11 Å². The first-order valence-corrected chi connectivity index (χ1v) is 8.15. The number of carbonyl (C=O) groups excluding carboxylic acids is 2. The molecule has 1 aromatic carbocycles. The highest BCUT2D eigenvalue weighted by atomic mass is 16.5. The van der Waals surface area contributed by atoms with E-state index in [4.69, 9.17) is 9.47 Å². The Balaban J connectivity index is 1.77. The van der Waals surface area contributed by atoms with E-state index in [1.54, 1.807) is 0 Å². The fourth-order valence-corrected chi connectivity index (χ4v) is 2.55. The molecule has 0 bridgehead atoms. The number of rotatable bonds is 7. The van der Waals surface area contributed by atoms with Crippen molar-refractivity contribution in [2.24, 2.45) is 0 Å². The van der Waals surface area contributed by atoms with Gasteiger partial charge in [0.05, 0.1) is 20.3 Å². The maximum atomic E-state index is 12.0. The van der Waals surface area contributed by atoms with Gasteiger partial charge in [-0.1, -0.05) is 30.3 Å². The molecule has 2 amide bonds. The molecule has 24 heavy (non-hydrogen) atoms. The summed E-state index contributed by atoms with van der Waals surface area (Å²) in [6, 6.07) is 8.44. The molecule has 2 N–H and O–H groups in total. The van der Waals surface area contributed by atoms with Crippen LogP contribution in [0.1, 0.15) is 5.56 Å². The third-order valence-corrected chi connectivity index (χ3v) is 3.89. The molecule has 0 saturated carbocycles. The summed E-state index contributed by atoms with van der Waals surface area (Å²) >= 11 is 0. The second kappa shape index (κ2) is 9.89. The Kier molecular flexibility index (Phi) is 7.51. The van der Waals surface area contributed by atoms with Crippen molar-refractivity contribution in [1.29, 1.82) is 0 Å². The van der Waals surface area contributed by atoms with Crippen LogP contribution >= 0.6 is 0 Å². The average Bonchev–Trinajstić information content (AvgIpc) is 2.62. The largest absolute Gasteiger partial charge is 0.467 e. The summed E-state index contributed by atoms with van der Waals surface area (Å²) in [6.07, 6.45) is 0.393. The van der Waals surface area contributed by atoms with Gasteiger partial charge in [-0.25, -0.2) is 9.59 Å². The van der Waals surface area contributed by atoms with Crippen molar-refractivity contribution in [3.63, 3.8) is 0 Å². The van der Waals surface area contributed by atoms with Crippen LogP contribution in [0, 0.1) is 0 Å². The zero-order chi connectivity index (χ0) is 17.2. The number of amides is 2. The van der Waals surface area contributed by atoms with Gasteiger partial charge in [-0.2, -0.15) is 0 Å². The Morgan fingerprint density at radius 1 is 1.25 bits per heavy atom. The molecule has 1 heterocycles. The van der Waals surface area contributed by atoms with Gasteiger partial charge in [0.2, 0.25) is 0 Å². The third-order valence-electron chi connectivity index (χ3n) is 3.89. The summed E-state index contributed by atoms with van der Waals surface area (Å²) in [5, 5.41) is 5.47. The predicted octanol–water partition coefficient (Wildman–Crippen LogP) is 0.402. The number of urea groups is 1. The molecule has 2 rings (SSSR count). The number of methoxy groups -OCH3 is 1. The van der Waals surface area contributed by atoms with Crippen LogP contribution < -0.4 is 10.6 Å². The van der Waals surface area contributed by atoms with Gasteiger partial charge in [-0.3, -0.25) is 4.90 Å². The van der Waals surface area contributed by atoms with E-state index in [9.17, 15) is 9.59 Å². The summed E-state index contributed by atoms with van der Waals surface area (Å²) < 4.78 is 10.1. The molecule has 7 heteroatoms. The first-order chi connectivity index (χ1) is 11.7. The highest BCUT2D eigenvalue weighted by Crippen LogP contribution is 2.04. The Morgan fingerprint density at radius 2 is 1.96 bits per heavy atom. The molecule has 1 fully saturated rings. The van der Waals surface area contributed by atoms with Crippen molar-refractivity contribution in [3.05, 3.63) is 35.9 Å². The lowest BCUT2D eigenvalue weighted by Gasteiger charge is -2.26. The summed E-state index contributed by atoms with van der Waals surface area (Å²) in [6.45, 7) is 4.50. The lowest BCUT2D eigenvalue weighted by molar-refractivity contribution is -0.142. The predicted molar refractivity (Wildman–Crippen MR) is 89.7 cm³/mol. The Hall–Kier alpha value is -2.12. The van der Waals surface area contributed by atoms with Crippen LogP contribution in [-0.4, -0.2) is 69.4 Å². The van der Waals surface area contributed by atoms with Gasteiger partial charge < -0.3 is 20.1 Å². The van der Waals surface area contributed by atoms with E-state index < -0.39 is 12.0 Å². The molecule has 1 aliphatic heterocycles. The molecule has 1 saturated heterocycles. The number of nitrogens with one attached hydrogen (secondary N) is 2. The first kappa shape index (κ1) is 18.2. The fraction of sp³-hybridized carbons (Fsp3) is 0.529. The quantitative estimate of drug-likeness (QED) is 0.705. The van der Waals surface area contributed by atoms with Crippen LogP contribution in [0.5, 0.6) is 0 Å². The number of esters is 1. The minimum absolute atomic E-state index is 0.366. The van der Waals surface area contributed by atoms with E-state index in [0.717, 1.165) is 38.4 Å². The monoisotopic (exact) mass is 335 g/mol. The summed E-state index contributed by atoms with van der Waals surface area (Å²) in [4.78, 5) is 26.1. The van der Waals surface area contributed by atoms with Gasteiger partial charge in [0, 0.05) is 32.6 Å². The molecule has 0 aliphatic carbocycles. The lowest BCUT2D eigenvalue weighted by atomic mass is 10.1. The molecule has 1 aliphatic rings. The standard InChI is InChI=1S/C17H25N3O4/c1-23-16(21)15(13-14-5-3-2-4-6-14)19-17(22)18-7-8-20-9-11-24-12-10-20/h2-6,15H,7-13H2,1H3,(H2,18,19,22)/t15-/m0/s1. The highest BCUT2D eigenvalue weighted by Gasteiger charge is 2.21. The van der Waals surface area contributed by atoms with Crippen LogP contribution in [0.25, 0.3) is 0 Å². The normalized spacial score (nSPS) is 16.2. The minimum Gasteiger partial charge on any atom is -0.467 e. The summed E-state index contributed by atoms with van der Waals surface area (Å²) in [5.74, 6) is -0.456. The number of hydrogen-bond acceptors (Lipinski definition) is 5. The second-order valence-electron chi connectivity index (χ2n) is 5.62. The zero-order valence-corrected chi connectivity index (χ0v) is 14.0. The first-order valence-electron chi connectivity index (χ1n) is 8.15. The number of morpholine rings is 1. The highest BCUT2D eigenvalue weighted by molar-refractivity contribution is 5.83. The SMILES string of the molecule is COC(=O)[C@H](Cc1ccccc1)NC(=O)NCCN1CCOCC1. The molecule has 7 nitrogen and oxygen atoms in total. The van der Waals surface area contributed by atoms with Gasteiger partial charge in [-0.15, -0.1) is 0 Å². The summed E-state index contributed by atoms with van der Waals surface area (Å²) in [7, 11) is 1.32. The third kappa shape index (κ3) is 6.17. The second-order valence-corrected chi connectivity index (χ2v) is 5.62. The topological polar surface area (TPSA) is 79.9 Å². The van der Waals surface area contributed by atoms with E-state index in [0.29, 0.717) is 13.0 Å². The molecule has 0 radical (unpaired) electrons. The molecule has 132 valence electrons. The maximum Gasteiger partial charge on any atom is 0.328 e. The smallest absolute Gasteiger partial charge is 0.328 e. The van der Waals surface area contributed by atoms with E-state index in [2.05, 4.69) is 15.5 Å². The average molecular weight is 335 g/mol. The van der Waals surface area contributed by atoms with Crippen molar-refractivity contribution in [2.75, 3.05) is 46.5 Å². The molecule has 0 unspecified atom stereocenters. The van der Waals surface area contributed by atoms with Crippen molar-refractivity contribution < 1.29 is 19.1 Å². The van der Waals surface area contributed by atoms with Gasteiger partial charge >= 0.3 is 12.0 Å². The number of hydrogen-bond donors (Lipinski definition) is 2. The number of nitrogens with zero attached hydrogens (tertiary/aromatic N) is 1. The maximum absolute atomic E-state index is 12.0. The van der Waals surface area contributed by atoms with Crippen LogP contribution in [0.2, 0.25) is 0 Å². The Labute approximate surface area is 142 Å². The van der Waals surface area contributed by atoms with Crippen molar-refractivity contribution in [2.45, 2.75) is 12.5 Å². The summed E-state index contributed by atoms with van der Waals surface area (Å²) in [5.41, 5.74) is 0.960. The molecular weight excluding hydrogens is 310 g/mol. The van der Waals surface area contributed by atoms with Crippen LogP contribution in [-0.2, 0) is 20.7 Å². The fourth-order valence-electron chi connectivity index (χ4n) is 2.55. The van der Waals surface area contributed by atoms with Crippen molar-refractivity contribution >= 4 is 12.0 Å². The molecular formula is C17H25N3O4. The number of carbonyl (C=O) groups is 2. The zero-order valence-electron chi connectivity index (χ0n) is 14.0. The van der Waals surface area contributed by atoms with Gasteiger partial charge in [0.1, 0.15) is 6.04 Å². The molecule has 0 aromatic heterocycles. The minimum atomic E-state index is -0.708. The lowest BCUT2D eigenvalue weighted by Crippen LogP contribution is -2.49. The van der Waals surface area contributed by atoms with Gasteiger partial charge in [0.15, 0.2) is 0 Å².